The van der Waals surface area contributed by atoms with E-state index in [4.69, 9.17) is 4.74 Å². The topological polar surface area (TPSA) is 59.4 Å². The van der Waals surface area contributed by atoms with Crippen LogP contribution >= 0.6 is 0 Å². The number of aromatic nitrogens is 2. The Morgan fingerprint density at radius 3 is 2.85 bits per heavy atom. The summed E-state index contributed by atoms with van der Waals surface area (Å²) in [5.74, 6) is 0.876. The molecule has 2 aliphatic rings. The number of ether oxygens (including phenoxy) is 1. The summed E-state index contributed by atoms with van der Waals surface area (Å²) >= 11 is 0. The number of nitrogens with one attached hydrogen (secondary N) is 1. The second-order valence-corrected chi connectivity index (χ2v) is 8.19. The minimum Gasteiger partial charge on any atom is -0.383 e. The average molecular weight is 368 g/mol. The zero-order valence-corrected chi connectivity index (χ0v) is 16.3. The molecule has 2 aromatic rings. The maximum absolute atomic E-state index is 13.3. The first-order chi connectivity index (χ1) is 13.0. The van der Waals surface area contributed by atoms with Crippen LogP contribution in [-0.2, 0) is 10.3 Å². The summed E-state index contributed by atoms with van der Waals surface area (Å²) in [6.07, 6.45) is 4.65. The molecule has 2 atom stereocenters. The normalized spacial score (nSPS) is 23.7. The lowest BCUT2D eigenvalue weighted by molar-refractivity contribution is 0.0631. The van der Waals surface area contributed by atoms with E-state index in [0.717, 1.165) is 31.6 Å². The quantitative estimate of drug-likeness (QED) is 0.898. The van der Waals surface area contributed by atoms with Gasteiger partial charge in [-0.25, -0.2) is 4.68 Å². The zero-order valence-electron chi connectivity index (χ0n) is 16.3. The van der Waals surface area contributed by atoms with Crippen LogP contribution in [-0.4, -0.2) is 46.9 Å². The number of likely N-dealkylation sites (tertiary alicyclic amines) is 1. The molecule has 1 aromatic carbocycles. The predicted octanol–water partition coefficient (Wildman–Crippen LogP) is 3.43. The van der Waals surface area contributed by atoms with Gasteiger partial charge < -0.3 is 15.0 Å². The second kappa shape index (κ2) is 7.00. The minimum absolute atomic E-state index is 0.0489. The fraction of sp³-hybridized carbons (Fsp3) is 0.524. The Bertz CT molecular complexity index is 815. The Morgan fingerprint density at radius 1 is 1.33 bits per heavy atom. The molecule has 144 valence electrons. The van der Waals surface area contributed by atoms with Crippen molar-refractivity contribution in [1.29, 1.82) is 0 Å². The number of fused-ring (bicyclic) bond motifs is 1. The fourth-order valence-electron chi connectivity index (χ4n) is 4.41. The number of hydrogen-bond donors (Lipinski definition) is 1. The van der Waals surface area contributed by atoms with Crippen LogP contribution in [0.5, 0.6) is 0 Å². The molecule has 1 amide bonds. The number of carbonyl (C=O) groups excluding carboxylic acids is 1. The Hall–Kier alpha value is -2.34. The van der Waals surface area contributed by atoms with Crippen LogP contribution in [0.2, 0.25) is 0 Å². The van der Waals surface area contributed by atoms with Crippen molar-refractivity contribution in [1.82, 2.24) is 14.7 Å². The summed E-state index contributed by atoms with van der Waals surface area (Å²) in [4.78, 5) is 15.2. The highest BCUT2D eigenvalue weighted by Gasteiger charge is 2.38. The molecule has 1 unspecified atom stereocenters. The molecule has 6 nitrogen and oxygen atoms in total. The van der Waals surface area contributed by atoms with Crippen LogP contribution in [0.1, 0.15) is 55.1 Å². The first kappa shape index (κ1) is 18.0. The molecule has 0 radical (unpaired) electrons. The van der Waals surface area contributed by atoms with E-state index in [1.165, 1.54) is 5.56 Å². The highest BCUT2D eigenvalue weighted by molar-refractivity contribution is 5.99. The van der Waals surface area contributed by atoms with Gasteiger partial charge in [-0.1, -0.05) is 30.3 Å². The molecule has 4 rings (SSSR count). The lowest BCUT2D eigenvalue weighted by Gasteiger charge is -2.38. The molecule has 6 heteroatoms. The minimum atomic E-state index is -0.170. The molecule has 3 heterocycles. The molecule has 27 heavy (non-hydrogen) atoms. The Kier molecular flexibility index (Phi) is 4.68. The van der Waals surface area contributed by atoms with Gasteiger partial charge in [0.05, 0.1) is 30.4 Å². The van der Waals surface area contributed by atoms with E-state index >= 15 is 0 Å². The molecule has 2 aliphatic heterocycles. The standard InChI is InChI=1S/C21H28N4O2/c1-21(2)12-18(15-8-5-4-6-9-15)23-19-17(13-22-25(19)21)20(26)24-11-7-10-16(24)14-27-3/h4-6,8-9,13,16,18,23H,7,10-12,14H2,1-3H3/t16-,18?/m0/s1. The van der Waals surface area contributed by atoms with Gasteiger partial charge in [-0.15, -0.1) is 0 Å². The molecule has 1 saturated heterocycles. The zero-order chi connectivity index (χ0) is 19.0. The fourth-order valence-corrected chi connectivity index (χ4v) is 4.41. The molecular formula is C21H28N4O2. The molecule has 1 N–H and O–H groups in total. The number of rotatable bonds is 4. The average Bonchev–Trinajstić information content (AvgIpc) is 3.29. The lowest BCUT2D eigenvalue weighted by atomic mass is 9.89. The SMILES string of the molecule is COC[C@@H]1CCCN1C(=O)c1cnn2c1NC(c1ccccc1)CC2(C)C. The largest absolute Gasteiger partial charge is 0.383 e. The Morgan fingerprint density at radius 2 is 2.11 bits per heavy atom. The van der Waals surface area contributed by atoms with E-state index in [-0.39, 0.29) is 23.5 Å². The number of benzene rings is 1. The van der Waals surface area contributed by atoms with E-state index in [2.05, 4.69) is 48.5 Å². The van der Waals surface area contributed by atoms with Crippen LogP contribution in [0.15, 0.2) is 36.5 Å². The molecule has 0 saturated carbocycles. The van der Waals surface area contributed by atoms with Crippen molar-refractivity contribution >= 4 is 11.7 Å². The smallest absolute Gasteiger partial charge is 0.259 e. The van der Waals surface area contributed by atoms with Gasteiger partial charge in [-0.05, 0) is 38.7 Å². The number of amides is 1. The van der Waals surface area contributed by atoms with Crippen molar-refractivity contribution in [2.45, 2.75) is 50.7 Å². The third kappa shape index (κ3) is 3.23. The van der Waals surface area contributed by atoms with Crippen LogP contribution in [0.3, 0.4) is 0 Å². The molecule has 0 spiro atoms. The van der Waals surface area contributed by atoms with Gasteiger partial charge >= 0.3 is 0 Å². The first-order valence-electron chi connectivity index (χ1n) is 9.71. The number of hydrogen-bond acceptors (Lipinski definition) is 4. The summed E-state index contributed by atoms with van der Waals surface area (Å²) in [6.45, 7) is 5.72. The van der Waals surface area contributed by atoms with Gasteiger partial charge in [-0.2, -0.15) is 5.10 Å². The van der Waals surface area contributed by atoms with E-state index in [1.807, 2.05) is 15.6 Å². The van der Waals surface area contributed by atoms with Gasteiger partial charge in [-0.3, -0.25) is 4.79 Å². The second-order valence-electron chi connectivity index (χ2n) is 8.19. The Labute approximate surface area is 160 Å². The maximum Gasteiger partial charge on any atom is 0.259 e. The third-order valence-electron chi connectivity index (χ3n) is 5.79. The van der Waals surface area contributed by atoms with Gasteiger partial charge in [0.15, 0.2) is 0 Å². The van der Waals surface area contributed by atoms with Crippen LogP contribution < -0.4 is 5.32 Å². The van der Waals surface area contributed by atoms with Crippen molar-refractivity contribution in [2.75, 3.05) is 25.6 Å². The summed E-state index contributed by atoms with van der Waals surface area (Å²) in [5, 5.41) is 8.17. The molecule has 0 bridgehead atoms. The first-order valence-corrected chi connectivity index (χ1v) is 9.71. The lowest BCUT2D eigenvalue weighted by Crippen LogP contribution is -2.40. The summed E-state index contributed by atoms with van der Waals surface area (Å²) in [5.41, 5.74) is 1.72. The number of nitrogens with zero attached hydrogens (tertiary/aromatic N) is 3. The van der Waals surface area contributed by atoms with Gasteiger partial charge in [0, 0.05) is 13.7 Å². The monoisotopic (exact) mass is 368 g/mol. The number of carbonyl (C=O) groups is 1. The summed E-state index contributed by atoms with van der Waals surface area (Å²) in [6, 6.07) is 10.7. The highest BCUT2D eigenvalue weighted by Crippen LogP contribution is 2.40. The number of methoxy groups -OCH3 is 1. The maximum atomic E-state index is 13.3. The van der Waals surface area contributed by atoms with Gasteiger partial charge in [0.2, 0.25) is 0 Å². The van der Waals surface area contributed by atoms with E-state index in [9.17, 15) is 4.79 Å². The predicted molar refractivity (Wildman–Crippen MR) is 105 cm³/mol. The van der Waals surface area contributed by atoms with Crippen LogP contribution in [0, 0.1) is 0 Å². The molecule has 1 aromatic heterocycles. The molecular weight excluding hydrogens is 340 g/mol. The van der Waals surface area contributed by atoms with Crippen molar-refractivity contribution in [3.05, 3.63) is 47.7 Å². The third-order valence-corrected chi connectivity index (χ3v) is 5.79. The van der Waals surface area contributed by atoms with Crippen molar-refractivity contribution in [3.63, 3.8) is 0 Å². The summed E-state index contributed by atoms with van der Waals surface area (Å²) in [7, 11) is 1.69. The molecule has 1 fully saturated rings. The van der Waals surface area contributed by atoms with Crippen LogP contribution in [0.25, 0.3) is 0 Å². The van der Waals surface area contributed by atoms with E-state index in [0.29, 0.717) is 12.2 Å². The van der Waals surface area contributed by atoms with Crippen LogP contribution in [0.4, 0.5) is 5.82 Å². The Balaban J connectivity index is 1.66. The van der Waals surface area contributed by atoms with E-state index in [1.54, 1.807) is 13.3 Å². The highest BCUT2D eigenvalue weighted by atomic mass is 16.5. The van der Waals surface area contributed by atoms with E-state index < -0.39 is 0 Å². The summed E-state index contributed by atoms with van der Waals surface area (Å²) < 4.78 is 7.29. The van der Waals surface area contributed by atoms with Gasteiger partial charge in [0.1, 0.15) is 11.4 Å². The number of anilines is 1. The van der Waals surface area contributed by atoms with Crippen molar-refractivity contribution < 1.29 is 9.53 Å². The molecule has 0 aliphatic carbocycles. The van der Waals surface area contributed by atoms with Crippen molar-refractivity contribution in [2.24, 2.45) is 0 Å². The van der Waals surface area contributed by atoms with Crippen molar-refractivity contribution in [3.8, 4) is 0 Å². The van der Waals surface area contributed by atoms with Gasteiger partial charge in [0.25, 0.3) is 5.91 Å².